The largest absolute Gasteiger partial charge is 0.453 e. The molecule has 3 aromatic rings. The maximum atomic E-state index is 13.9. The van der Waals surface area contributed by atoms with Crippen molar-refractivity contribution in [2.24, 2.45) is 34.5 Å². The van der Waals surface area contributed by atoms with Gasteiger partial charge in [-0.3, -0.25) is 9.78 Å². The molecular formula is C36H42FN3O5S. The van der Waals surface area contributed by atoms with Crippen LogP contribution >= 0.6 is 11.8 Å². The van der Waals surface area contributed by atoms with Gasteiger partial charge in [-0.15, -0.1) is 0 Å². The minimum absolute atomic E-state index is 0.0733. The lowest BCUT2D eigenvalue weighted by Crippen LogP contribution is -2.63. The lowest BCUT2D eigenvalue weighted by molar-refractivity contribution is -0.192. The zero-order chi connectivity index (χ0) is 31.8. The Balaban J connectivity index is 1.00. The molecule has 0 saturated heterocycles. The smallest absolute Gasteiger partial charge is 0.250 e. The van der Waals surface area contributed by atoms with Gasteiger partial charge in [-0.05, 0) is 116 Å². The number of benzene rings is 1. The number of rotatable bonds is 5. The number of thioether (sulfide) groups is 1. The maximum Gasteiger partial charge on any atom is 0.250 e. The molecule has 1 aliphatic heterocycles. The second-order valence-corrected chi connectivity index (χ2v) is 15.8. The summed E-state index contributed by atoms with van der Waals surface area (Å²) in [6.07, 6.45) is 9.00. The zero-order valence-corrected chi connectivity index (χ0v) is 27.2. The Morgan fingerprint density at radius 1 is 1.17 bits per heavy atom. The van der Waals surface area contributed by atoms with Gasteiger partial charge < -0.3 is 19.7 Å². The van der Waals surface area contributed by atoms with Crippen LogP contribution in [0.5, 0.6) is 5.75 Å². The molecule has 8 nitrogen and oxygen atoms in total. The number of carbonyl (C=O) groups excluding carboxylic acids is 1. The van der Waals surface area contributed by atoms with Crippen LogP contribution in [0.1, 0.15) is 62.9 Å². The SMILES string of the molecule is CC12Cc3cnn(-c4ccc(F)cc4)c3CC1CCC1C2C(O)CC2(C)C1CCC2(O)C(=O)CSC1OCCc2ncccc2O1. The fraction of sp³-hybridized carbons (Fsp3) is 0.583. The molecule has 0 spiro atoms. The first-order chi connectivity index (χ1) is 22.1. The van der Waals surface area contributed by atoms with E-state index in [0.29, 0.717) is 37.5 Å². The van der Waals surface area contributed by atoms with Gasteiger partial charge in [0.05, 0.1) is 36.0 Å². The van der Waals surface area contributed by atoms with Crippen molar-refractivity contribution < 1.29 is 28.9 Å². The minimum Gasteiger partial charge on any atom is -0.453 e. The second-order valence-electron chi connectivity index (χ2n) is 14.8. The molecule has 3 fully saturated rings. The number of hydrogen-bond acceptors (Lipinski definition) is 8. The highest BCUT2D eigenvalue weighted by atomic mass is 32.2. The van der Waals surface area contributed by atoms with Gasteiger partial charge in [0.15, 0.2) is 5.78 Å². The molecule has 9 unspecified atom stereocenters. The molecule has 0 radical (unpaired) electrons. The van der Waals surface area contributed by atoms with Crippen molar-refractivity contribution in [2.45, 2.75) is 82.5 Å². The number of aliphatic hydroxyl groups is 2. The van der Waals surface area contributed by atoms with Crippen molar-refractivity contribution in [2.75, 3.05) is 12.4 Å². The third-order valence-corrected chi connectivity index (χ3v) is 13.6. The number of fused-ring (bicyclic) bond motifs is 7. The number of aliphatic hydroxyl groups excluding tert-OH is 1. The Labute approximate surface area is 273 Å². The highest BCUT2D eigenvalue weighted by molar-refractivity contribution is 8.00. The van der Waals surface area contributed by atoms with E-state index in [1.54, 1.807) is 18.3 Å². The number of ketones is 1. The van der Waals surface area contributed by atoms with Crippen molar-refractivity contribution in [3.8, 4) is 11.4 Å². The van der Waals surface area contributed by atoms with Crippen LogP contribution in [0.25, 0.3) is 5.69 Å². The van der Waals surface area contributed by atoms with E-state index in [4.69, 9.17) is 14.6 Å². The van der Waals surface area contributed by atoms with Crippen LogP contribution in [0.15, 0.2) is 48.8 Å². The minimum atomic E-state index is -1.51. The van der Waals surface area contributed by atoms with E-state index in [9.17, 15) is 19.4 Å². The van der Waals surface area contributed by atoms with Gasteiger partial charge in [0.25, 0.3) is 0 Å². The third kappa shape index (κ3) is 4.61. The van der Waals surface area contributed by atoms with Gasteiger partial charge >= 0.3 is 0 Å². The summed E-state index contributed by atoms with van der Waals surface area (Å²) in [5.74, 6) is 1.13. The Kier molecular flexibility index (Phi) is 7.40. The van der Waals surface area contributed by atoms with Crippen LogP contribution in [-0.4, -0.2) is 60.4 Å². The molecule has 9 atom stereocenters. The summed E-state index contributed by atoms with van der Waals surface area (Å²) in [6, 6.07) is 10.2. The zero-order valence-electron chi connectivity index (χ0n) is 26.4. The Bertz CT molecular complexity index is 1650. The van der Waals surface area contributed by atoms with Crippen molar-refractivity contribution in [3.63, 3.8) is 0 Å². The van der Waals surface area contributed by atoms with E-state index < -0.39 is 22.7 Å². The average Bonchev–Trinajstić information content (AvgIpc) is 3.47. The number of ether oxygens (including phenoxy) is 2. The Hall–Kier alpha value is -2.79. The molecule has 4 aliphatic carbocycles. The number of Topliss-reactive ketones (excluding diaryl/α,β-unsaturated/α-hetero) is 1. The van der Waals surface area contributed by atoms with Gasteiger partial charge in [-0.2, -0.15) is 5.10 Å². The number of aromatic nitrogens is 3. The monoisotopic (exact) mass is 647 g/mol. The number of hydrogen-bond donors (Lipinski definition) is 2. The van der Waals surface area contributed by atoms with Crippen molar-refractivity contribution in [1.82, 2.24) is 14.8 Å². The van der Waals surface area contributed by atoms with E-state index in [1.165, 1.54) is 35.2 Å². The van der Waals surface area contributed by atoms with Gasteiger partial charge in [0.2, 0.25) is 5.62 Å². The van der Waals surface area contributed by atoms with E-state index in [2.05, 4.69) is 11.9 Å². The molecule has 244 valence electrons. The average molecular weight is 648 g/mol. The van der Waals surface area contributed by atoms with Crippen molar-refractivity contribution in [1.29, 1.82) is 0 Å². The molecule has 2 N–H and O–H groups in total. The molecule has 5 aliphatic rings. The first-order valence-electron chi connectivity index (χ1n) is 16.7. The molecule has 3 heterocycles. The predicted octanol–water partition coefficient (Wildman–Crippen LogP) is 5.30. The van der Waals surface area contributed by atoms with Crippen LogP contribution in [0.2, 0.25) is 0 Å². The summed E-state index contributed by atoms with van der Waals surface area (Å²) < 4.78 is 27.5. The third-order valence-electron chi connectivity index (χ3n) is 12.7. The summed E-state index contributed by atoms with van der Waals surface area (Å²) in [5.41, 5.74) is 1.10. The quantitative estimate of drug-likeness (QED) is 0.384. The molecule has 3 saturated carbocycles. The summed E-state index contributed by atoms with van der Waals surface area (Å²) in [6.45, 7) is 4.85. The molecule has 2 aromatic heterocycles. The van der Waals surface area contributed by atoms with E-state index in [0.717, 1.165) is 43.5 Å². The topological polar surface area (TPSA) is 107 Å². The number of carbonyl (C=O) groups is 1. The summed E-state index contributed by atoms with van der Waals surface area (Å²) in [5, 5.41) is 29.0. The summed E-state index contributed by atoms with van der Waals surface area (Å²) in [4.78, 5) is 18.3. The first-order valence-corrected chi connectivity index (χ1v) is 17.7. The van der Waals surface area contributed by atoms with Gasteiger partial charge in [0.1, 0.15) is 17.2 Å². The number of nitrogens with zero attached hydrogens (tertiary/aromatic N) is 3. The second kappa shape index (κ2) is 11.1. The summed E-state index contributed by atoms with van der Waals surface area (Å²) in [7, 11) is 0. The number of pyridine rings is 1. The first kappa shape index (κ1) is 30.5. The van der Waals surface area contributed by atoms with Crippen molar-refractivity contribution in [3.05, 3.63) is 71.6 Å². The Morgan fingerprint density at radius 2 is 2.00 bits per heavy atom. The van der Waals surface area contributed by atoms with E-state index in [-0.39, 0.29) is 40.5 Å². The standard InChI is InChI=1S/C36H42FN3O5S/c1-34-17-21-19-39-40(24-8-6-23(37)7-9-24)28(21)16-22(34)5-10-25-26-11-13-36(43,35(26,2)18-29(41)32(25)34)31(42)20-46-33-44-15-12-27-30(45-33)4-3-14-38-27/h3-4,6-9,14,19,22,25-26,29,32-33,41,43H,5,10-13,15-18,20H2,1-2H3. The van der Waals surface area contributed by atoms with Gasteiger partial charge in [0, 0.05) is 23.7 Å². The molecule has 46 heavy (non-hydrogen) atoms. The van der Waals surface area contributed by atoms with E-state index in [1.807, 2.05) is 29.9 Å². The van der Waals surface area contributed by atoms with Crippen LogP contribution in [-0.2, 0) is 28.8 Å². The van der Waals surface area contributed by atoms with Crippen LogP contribution in [0.3, 0.4) is 0 Å². The van der Waals surface area contributed by atoms with Crippen LogP contribution in [0, 0.1) is 40.3 Å². The molecule has 8 rings (SSSR count). The highest BCUT2D eigenvalue weighted by Crippen LogP contribution is 2.68. The normalized spacial score (nSPS) is 37.9. The van der Waals surface area contributed by atoms with Crippen LogP contribution < -0.4 is 4.74 Å². The highest BCUT2D eigenvalue weighted by Gasteiger charge is 2.68. The Morgan fingerprint density at radius 3 is 2.83 bits per heavy atom. The predicted molar refractivity (Wildman–Crippen MR) is 171 cm³/mol. The maximum absolute atomic E-state index is 13.9. The van der Waals surface area contributed by atoms with Gasteiger partial charge in [-0.25, -0.2) is 9.07 Å². The van der Waals surface area contributed by atoms with Crippen molar-refractivity contribution >= 4 is 17.5 Å². The van der Waals surface area contributed by atoms with Gasteiger partial charge in [-0.1, -0.05) is 25.6 Å². The lowest BCUT2D eigenvalue weighted by atomic mass is 9.43. The molecule has 0 bridgehead atoms. The van der Waals surface area contributed by atoms with Crippen LogP contribution in [0.4, 0.5) is 4.39 Å². The molecule has 10 heteroatoms. The molecule has 0 amide bonds. The molecule has 1 aromatic carbocycles. The fourth-order valence-corrected chi connectivity index (χ4v) is 11.3. The number of halogens is 1. The fourth-order valence-electron chi connectivity index (χ4n) is 10.4. The molecular weight excluding hydrogens is 605 g/mol. The summed E-state index contributed by atoms with van der Waals surface area (Å²) >= 11 is 1.27. The lowest BCUT2D eigenvalue weighted by Gasteiger charge is -2.62. The van der Waals surface area contributed by atoms with E-state index >= 15 is 0 Å².